The van der Waals surface area contributed by atoms with Crippen molar-refractivity contribution in [2.75, 3.05) is 13.2 Å². The van der Waals surface area contributed by atoms with E-state index in [1.165, 1.54) is 0 Å². The number of carbonyl (C=O) groups is 3. The molecule has 0 N–H and O–H groups in total. The molecule has 0 aromatic heterocycles. The molecule has 0 aromatic carbocycles. The molecule has 5 nitrogen and oxygen atoms in total. The minimum Gasteiger partial charge on any atom is -0.465 e. The van der Waals surface area contributed by atoms with Gasteiger partial charge in [-0.1, -0.05) is 0 Å². The van der Waals surface area contributed by atoms with Crippen LogP contribution in [-0.2, 0) is 19.1 Å². The Kier molecular flexibility index (Phi) is 2.79. The monoisotopic (exact) mass is 183 g/mol. The number of rotatable bonds is 3. The Bertz CT molecular complexity index is 264. The lowest BCUT2D eigenvalue weighted by Gasteiger charge is -2.11. The van der Waals surface area contributed by atoms with Crippen molar-refractivity contribution in [1.82, 2.24) is 4.90 Å². The van der Waals surface area contributed by atoms with Crippen molar-refractivity contribution in [3.8, 4) is 0 Å². The normalized spacial score (nSPS) is 15.3. The number of imide groups is 1. The van der Waals surface area contributed by atoms with Gasteiger partial charge in [0.25, 0.3) is 11.8 Å². The van der Waals surface area contributed by atoms with E-state index in [4.69, 9.17) is 0 Å². The SMILES string of the molecule is CCOC(=O)CN1C(=O)C=CC1=O. The zero-order valence-electron chi connectivity index (χ0n) is 7.15. The number of nitrogens with zero attached hydrogens (tertiary/aromatic N) is 1. The number of esters is 1. The number of hydrogen-bond acceptors (Lipinski definition) is 4. The molecule has 0 radical (unpaired) electrons. The van der Waals surface area contributed by atoms with Crippen LogP contribution < -0.4 is 0 Å². The van der Waals surface area contributed by atoms with Crippen LogP contribution >= 0.6 is 0 Å². The lowest BCUT2D eigenvalue weighted by atomic mass is 10.5. The molecule has 0 spiro atoms. The van der Waals surface area contributed by atoms with Gasteiger partial charge >= 0.3 is 5.97 Å². The first-order chi connectivity index (χ1) is 6.15. The van der Waals surface area contributed by atoms with E-state index in [0.717, 1.165) is 17.1 Å². The van der Waals surface area contributed by atoms with E-state index in [1.54, 1.807) is 6.92 Å². The van der Waals surface area contributed by atoms with Gasteiger partial charge in [0.1, 0.15) is 6.54 Å². The molecule has 1 aliphatic heterocycles. The first kappa shape index (κ1) is 9.44. The lowest BCUT2D eigenvalue weighted by Crippen LogP contribution is -2.35. The van der Waals surface area contributed by atoms with Gasteiger partial charge in [0, 0.05) is 12.2 Å². The third-order valence-electron chi connectivity index (χ3n) is 1.49. The zero-order chi connectivity index (χ0) is 9.84. The molecule has 0 atom stereocenters. The minimum atomic E-state index is -0.576. The maximum atomic E-state index is 10.9. The Morgan fingerprint density at radius 2 is 1.92 bits per heavy atom. The predicted octanol–water partition coefficient (Wildman–Crippen LogP) is -0.526. The summed E-state index contributed by atoms with van der Waals surface area (Å²) in [5.41, 5.74) is 0. The minimum absolute atomic E-state index is 0.239. The fourth-order valence-corrected chi connectivity index (χ4v) is 0.923. The van der Waals surface area contributed by atoms with Crippen molar-refractivity contribution in [3.63, 3.8) is 0 Å². The highest BCUT2D eigenvalue weighted by atomic mass is 16.5. The average Bonchev–Trinajstić information content (AvgIpc) is 2.36. The Labute approximate surface area is 75.0 Å². The van der Waals surface area contributed by atoms with Gasteiger partial charge in [-0.05, 0) is 6.92 Å². The van der Waals surface area contributed by atoms with Gasteiger partial charge in [0.15, 0.2) is 0 Å². The molecule has 70 valence electrons. The van der Waals surface area contributed by atoms with Crippen molar-refractivity contribution in [3.05, 3.63) is 12.2 Å². The topological polar surface area (TPSA) is 63.7 Å². The molecule has 0 unspecified atom stereocenters. The molecule has 0 saturated carbocycles. The second-order valence-corrected chi connectivity index (χ2v) is 2.40. The van der Waals surface area contributed by atoms with E-state index in [0.29, 0.717) is 0 Å². The molecule has 2 amide bonds. The van der Waals surface area contributed by atoms with Gasteiger partial charge in [0.2, 0.25) is 0 Å². The van der Waals surface area contributed by atoms with Crippen LogP contribution in [0.2, 0.25) is 0 Å². The lowest BCUT2D eigenvalue weighted by molar-refractivity contribution is -0.151. The molecule has 0 aliphatic carbocycles. The van der Waals surface area contributed by atoms with E-state index in [-0.39, 0.29) is 13.2 Å². The molecule has 13 heavy (non-hydrogen) atoms. The highest BCUT2D eigenvalue weighted by Gasteiger charge is 2.25. The summed E-state index contributed by atoms with van der Waals surface area (Å²) >= 11 is 0. The van der Waals surface area contributed by atoms with Crippen molar-refractivity contribution >= 4 is 17.8 Å². The van der Waals surface area contributed by atoms with Crippen LogP contribution in [0.15, 0.2) is 12.2 Å². The van der Waals surface area contributed by atoms with Crippen molar-refractivity contribution in [2.24, 2.45) is 0 Å². The first-order valence-corrected chi connectivity index (χ1v) is 3.84. The molecule has 5 heteroatoms. The predicted molar refractivity (Wildman–Crippen MR) is 42.5 cm³/mol. The van der Waals surface area contributed by atoms with Gasteiger partial charge in [-0.3, -0.25) is 19.3 Å². The molecule has 0 bridgehead atoms. The van der Waals surface area contributed by atoms with Gasteiger partial charge in [-0.15, -0.1) is 0 Å². The van der Waals surface area contributed by atoms with E-state index < -0.39 is 17.8 Å². The van der Waals surface area contributed by atoms with Crippen LogP contribution in [0.5, 0.6) is 0 Å². The number of carbonyl (C=O) groups excluding carboxylic acids is 3. The Morgan fingerprint density at radius 3 is 2.38 bits per heavy atom. The van der Waals surface area contributed by atoms with E-state index in [2.05, 4.69) is 4.74 Å². The van der Waals surface area contributed by atoms with Crippen LogP contribution in [0.1, 0.15) is 6.92 Å². The standard InChI is InChI=1S/C8H9NO4/c1-2-13-8(12)5-9-6(10)3-4-7(9)11/h3-4H,2,5H2,1H3. The maximum Gasteiger partial charge on any atom is 0.326 e. The summed E-state index contributed by atoms with van der Waals surface area (Å²) in [4.78, 5) is 33.6. The smallest absolute Gasteiger partial charge is 0.326 e. The van der Waals surface area contributed by atoms with Gasteiger partial charge in [0.05, 0.1) is 6.61 Å². The maximum absolute atomic E-state index is 10.9. The number of amides is 2. The van der Waals surface area contributed by atoms with Crippen molar-refractivity contribution in [2.45, 2.75) is 6.92 Å². The Balaban J connectivity index is 2.50. The highest BCUT2D eigenvalue weighted by Crippen LogP contribution is 2.02. The largest absolute Gasteiger partial charge is 0.465 e. The Hall–Kier alpha value is -1.65. The molecular formula is C8H9NO4. The molecule has 1 aliphatic rings. The van der Waals surface area contributed by atoms with Crippen LogP contribution in [0.4, 0.5) is 0 Å². The van der Waals surface area contributed by atoms with E-state index in [1.807, 2.05) is 0 Å². The molecule has 0 saturated heterocycles. The van der Waals surface area contributed by atoms with Gasteiger partial charge in [-0.2, -0.15) is 0 Å². The Morgan fingerprint density at radius 1 is 1.38 bits per heavy atom. The fraction of sp³-hybridized carbons (Fsp3) is 0.375. The van der Waals surface area contributed by atoms with Crippen LogP contribution in [-0.4, -0.2) is 35.8 Å². The van der Waals surface area contributed by atoms with Gasteiger partial charge < -0.3 is 4.74 Å². The van der Waals surface area contributed by atoms with Gasteiger partial charge in [-0.25, -0.2) is 0 Å². The van der Waals surface area contributed by atoms with E-state index in [9.17, 15) is 14.4 Å². The summed E-state index contributed by atoms with van der Waals surface area (Å²) in [7, 11) is 0. The summed E-state index contributed by atoms with van der Waals surface area (Å²) in [5.74, 6) is -1.52. The van der Waals surface area contributed by atoms with Crippen LogP contribution in [0.3, 0.4) is 0 Å². The fourth-order valence-electron chi connectivity index (χ4n) is 0.923. The molecule has 1 rings (SSSR count). The number of hydrogen-bond donors (Lipinski definition) is 0. The summed E-state index contributed by atoms with van der Waals surface area (Å²) < 4.78 is 4.59. The first-order valence-electron chi connectivity index (χ1n) is 3.84. The number of ether oxygens (including phenoxy) is 1. The van der Waals surface area contributed by atoms with Crippen LogP contribution in [0.25, 0.3) is 0 Å². The third kappa shape index (κ3) is 2.14. The summed E-state index contributed by atoms with van der Waals surface area (Å²) in [6, 6.07) is 0. The molecular weight excluding hydrogens is 174 g/mol. The van der Waals surface area contributed by atoms with Crippen LogP contribution in [0, 0.1) is 0 Å². The summed E-state index contributed by atoms with van der Waals surface area (Å²) in [5, 5.41) is 0. The third-order valence-corrected chi connectivity index (χ3v) is 1.49. The molecule has 0 fully saturated rings. The summed E-state index contributed by atoms with van der Waals surface area (Å²) in [6.45, 7) is 1.59. The second-order valence-electron chi connectivity index (χ2n) is 2.40. The average molecular weight is 183 g/mol. The second kappa shape index (κ2) is 3.84. The van der Waals surface area contributed by atoms with Crippen molar-refractivity contribution in [1.29, 1.82) is 0 Å². The quantitative estimate of drug-likeness (QED) is 0.436. The van der Waals surface area contributed by atoms with Crippen molar-refractivity contribution < 1.29 is 19.1 Å². The summed E-state index contributed by atoms with van der Waals surface area (Å²) in [6.07, 6.45) is 2.25. The molecule has 0 aromatic rings. The van der Waals surface area contributed by atoms with E-state index >= 15 is 0 Å². The zero-order valence-corrected chi connectivity index (χ0v) is 7.15. The highest BCUT2D eigenvalue weighted by molar-refractivity contribution is 6.14. The molecule has 1 heterocycles.